The summed E-state index contributed by atoms with van der Waals surface area (Å²) in [6.07, 6.45) is 1.59. The normalized spacial score (nSPS) is 11.6. The number of hydrazone groups is 1. The summed E-state index contributed by atoms with van der Waals surface area (Å²) in [6, 6.07) is 22.0. The number of anilines is 1. The number of nitrogens with zero attached hydrogens (tertiary/aromatic N) is 3. The van der Waals surface area contributed by atoms with E-state index in [9.17, 15) is 13.2 Å². The van der Waals surface area contributed by atoms with Crippen LogP contribution >= 0.6 is 0 Å². The van der Waals surface area contributed by atoms with Crippen LogP contribution in [-0.4, -0.2) is 31.7 Å². The van der Waals surface area contributed by atoms with Gasteiger partial charge < -0.3 is 4.57 Å². The van der Waals surface area contributed by atoms with Gasteiger partial charge in [-0.15, -0.1) is 0 Å². The highest BCUT2D eigenvalue weighted by Gasteiger charge is 2.28. The van der Waals surface area contributed by atoms with Crippen molar-refractivity contribution in [1.82, 2.24) is 9.99 Å². The minimum atomic E-state index is -3.99. The van der Waals surface area contributed by atoms with E-state index in [0.29, 0.717) is 5.69 Å². The van der Waals surface area contributed by atoms with E-state index in [1.165, 1.54) is 23.3 Å². The van der Waals surface area contributed by atoms with Crippen LogP contribution in [0.5, 0.6) is 0 Å². The van der Waals surface area contributed by atoms with Crippen molar-refractivity contribution in [2.75, 3.05) is 10.8 Å². The van der Waals surface area contributed by atoms with Crippen LogP contribution in [-0.2, 0) is 14.8 Å². The lowest BCUT2D eigenvalue weighted by atomic mass is 10.1. The summed E-state index contributed by atoms with van der Waals surface area (Å²) in [5, 5.41) is 4.16. The van der Waals surface area contributed by atoms with Crippen molar-refractivity contribution in [2.45, 2.75) is 46.4 Å². The van der Waals surface area contributed by atoms with Gasteiger partial charge in [0.1, 0.15) is 6.54 Å². The molecule has 4 aromatic rings. The minimum Gasteiger partial charge on any atom is -0.318 e. The number of sulfonamides is 1. The fraction of sp³-hybridized carbons (Fsp3) is 0.226. The third-order valence-corrected chi connectivity index (χ3v) is 8.34. The average Bonchev–Trinajstić information content (AvgIpc) is 3.15. The van der Waals surface area contributed by atoms with Crippen molar-refractivity contribution in [3.8, 4) is 5.69 Å². The SMILES string of the molecule is Cc1cc(C)cc(-n2c(C)cc(/C=N\NC(=O)CN(c3ccc(C)cc3C)S(=O)(=O)c3ccccc3)c2C)c1. The first kappa shape index (κ1) is 27.9. The molecule has 39 heavy (non-hydrogen) atoms. The van der Waals surface area contributed by atoms with Crippen LogP contribution in [0.3, 0.4) is 0 Å². The summed E-state index contributed by atoms with van der Waals surface area (Å²) in [7, 11) is -3.99. The van der Waals surface area contributed by atoms with Gasteiger partial charge in [-0.1, -0.05) is 42.0 Å². The first-order chi connectivity index (χ1) is 18.5. The number of aryl methyl sites for hydroxylation is 5. The van der Waals surface area contributed by atoms with E-state index in [4.69, 9.17) is 0 Å². The molecule has 0 saturated carbocycles. The number of carbonyl (C=O) groups excluding carboxylic acids is 1. The quantitative estimate of drug-likeness (QED) is 0.230. The van der Waals surface area contributed by atoms with Crippen LogP contribution < -0.4 is 9.73 Å². The Bertz CT molecular complexity index is 1630. The predicted molar refractivity (Wildman–Crippen MR) is 157 cm³/mol. The molecule has 1 amide bonds. The van der Waals surface area contributed by atoms with E-state index >= 15 is 0 Å². The van der Waals surface area contributed by atoms with Gasteiger partial charge in [-0.2, -0.15) is 5.10 Å². The number of hydrogen-bond acceptors (Lipinski definition) is 4. The lowest BCUT2D eigenvalue weighted by molar-refractivity contribution is -0.119. The monoisotopic (exact) mass is 542 g/mol. The van der Waals surface area contributed by atoms with Crippen LogP contribution in [0.1, 0.15) is 39.2 Å². The molecule has 3 aromatic carbocycles. The second-order valence-corrected chi connectivity index (χ2v) is 11.8. The zero-order chi connectivity index (χ0) is 28.3. The smallest absolute Gasteiger partial charge is 0.264 e. The molecule has 4 rings (SSSR count). The maximum Gasteiger partial charge on any atom is 0.264 e. The molecule has 0 unspecified atom stereocenters. The predicted octanol–water partition coefficient (Wildman–Crippen LogP) is 5.67. The second kappa shape index (κ2) is 11.3. The van der Waals surface area contributed by atoms with Gasteiger partial charge in [-0.3, -0.25) is 9.10 Å². The topological polar surface area (TPSA) is 83.8 Å². The Morgan fingerprint density at radius 1 is 0.872 bits per heavy atom. The highest BCUT2D eigenvalue weighted by molar-refractivity contribution is 7.92. The van der Waals surface area contributed by atoms with Crippen molar-refractivity contribution < 1.29 is 13.2 Å². The third-order valence-electron chi connectivity index (χ3n) is 6.57. The van der Waals surface area contributed by atoms with Crippen molar-refractivity contribution in [2.24, 2.45) is 5.10 Å². The number of amides is 1. The van der Waals surface area contributed by atoms with Crippen LogP contribution in [0.2, 0.25) is 0 Å². The molecular weight excluding hydrogens is 508 g/mol. The zero-order valence-electron chi connectivity index (χ0n) is 23.2. The molecule has 1 N–H and O–H groups in total. The van der Waals surface area contributed by atoms with E-state index in [2.05, 4.69) is 47.1 Å². The average molecular weight is 543 g/mol. The van der Waals surface area contributed by atoms with Gasteiger partial charge in [0.15, 0.2) is 0 Å². The van der Waals surface area contributed by atoms with Crippen molar-refractivity contribution in [3.63, 3.8) is 0 Å². The molecule has 0 saturated heterocycles. The molecular formula is C31H34N4O3S. The molecule has 0 radical (unpaired) electrons. The van der Waals surface area contributed by atoms with Crippen LogP contribution in [0.25, 0.3) is 5.69 Å². The molecule has 0 aliphatic heterocycles. The van der Waals surface area contributed by atoms with Gasteiger partial charge in [0, 0.05) is 22.6 Å². The zero-order valence-corrected chi connectivity index (χ0v) is 24.0. The second-order valence-electron chi connectivity index (χ2n) is 9.92. The largest absolute Gasteiger partial charge is 0.318 e. The number of hydrogen-bond donors (Lipinski definition) is 1. The third kappa shape index (κ3) is 6.12. The number of aromatic nitrogens is 1. The Labute approximate surface area is 230 Å². The molecule has 7 nitrogen and oxygen atoms in total. The Hall–Kier alpha value is -4.17. The Kier molecular flexibility index (Phi) is 8.06. The fourth-order valence-electron chi connectivity index (χ4n) is 4.84. The molecule has 1 aromatic heterocycles. The highest BCUT2D eigenvalue weighted by Crippen LogP contribution is 2.27. The maximum atomic E-state index is 13.6. The summed E-state index contributed by atoms with van der Waals surface area (Å²) in [5.74, 6) is -0.547. The first-order valence-corrected chi connectivity index (χ1v) is 14.2. The van der Waals surface area contributed by atoms with Crippen molar-refractivity contribution in [1.29, 1.82) is 0 Å². The van der Waals surface area contributed by atoms with Crippen LogP contribution in [0, 0.1) is 41.5 Å². The van der Waals surface area contributed by atoms with Gasteiger partial charge in [-0.05, 0) is 94.6 Å². The summed E-state index contributed by atoms with van der Waals surface area (Å²) in [6.45, 7) is 11.5. The van der Waals surface area contributed by atoms with E-state index < -0.39 is 22.5 Å². The number of rotatable bonds is 8. The van der Waals surface area contributed by atoms with E-state index in [1.807, 2.05) is 45.9 Å². The van der Waals surface area contributed by atoms with Gasteiger partial charge in [0.25, 0.3) is 15.9 Å². The van der Waals surface area contributed by atoms with E-state index in [1.54, 1.807) is 30.5 Å². The minimum absolute atomic E-state index is 0.111. The van der Waals surface area contributed by atoms with Crippen molar-refractivity contribution in [3.05, 3.63) is 112 Å². The molecule has 202 valence electrons. The highest BCUT2D eigenvalue weighted by atomic mass is 32.2. The molecule has 0 bridgehead atoms. The van der Waals surface area contributed by atoms with Gasteiger partial charge in [0.2, 0.25) is 0 Å². The summed E-state index contributed by atoms with van der Waals surface area (Å²) >= 11 is 0. The maximum absolute atomic E-state index is 13.6. The Morgan fingerprint density at radius 3 is 2.18 bits per heavy atom. The van der Waals surface area contributed by atoms with Crippen LogP contribution in [0.15, 0.2) is 82.8 Å². The summed E-state index contributed by atoms with van der Waals surface area (Å²) in [4.78, 5) is 13.1. The summed E-state index contributed by atoms with van der Waals surface area (Å²) < 4.78 is 30.4. The molecule has 0 fully saturated rings. The molecule has 0 atom stereocenters. The Balaban J connectivity index is 1.58. The molecule has 8 heteroatoms. The fourth-order valence-corrected chi connectivity index (χ4v) is 6.35. The van der Waals surface area contributed by atoms with E-state index in [0.717, 1.165) is 38.1 Å². The lowest BCUT2D eigenvalue weighted by Gasteiger charge is -2.25. The van der Waals surface area contributed by atoms with Gasteiger partial charge in [0.05, 0.1) is 16.8 Å². The number of benzene rings is 3. The van der Waals surface area contributed by atoms with Gasteiger partial charge in [-0.25, -0.2) is 13.8 Å². The molecule has 0 spiro atoms. The molecule has 0 aliphatic carbocycles. The first-order valence-electron chi connectivity index (χ1n) is 12.7. The van der Waals surface area contributed by atoms with Crippen molar-refractivity contribution >= 4 is 27.8 Å². The van der Waals surface area contributed by atoms with Gasteiger partial charge >= 0.3 is 0 Å². The van der Waals surface area contributed by atoms with Crippen LogP contribution in [0.4, 0.5) is 5.69 Å². The van der Waals surface area contributed by atoms with E-state index in [-0.39, 0.29) is 4.90 Å². The molecule has 0 aliphatic rings. The lowest BCUT2D eigenvalue weighted by Crippen LogP contribution is -2.40. The Morgan fingerprint density at radius 2 is 1.54 bits per heavy atom. The summed E-state index contributed by atoms with van der Waals surface area (Å²) in [5.41, 5.74) is 11.0. The number of nitrogens with one attached hydrogen (secondary N) is 1. The number of carbonyl (C=O) groups is 1. The molecule has 1 heterocycles. The standard InChI is InChI=1S/C31H34N4O3S/c1-21-12-13-30(24(4)15-21)34(39(37,38)29-10-8-7-9-11-29)20-31(36)33-32-19-27-18-25(5)35(26(27)6)28-16-22(2)14-23(3)17-28/h7-19H,20H2,1-6H3,(H,33,36)/b32-19-.